The van der Waals surface area contributed by atoms with Crippen molar-refractivity contribution in [2.75, 3.05) is 5.73 Å². The number of rotatable bonds is 4. The van der Waals surface area contributed by atoms with Crippen molar-refractivity contribution < 1.29 is 8.42 Å². The molecule has 0 bridgehead atoms. The monoisotopic (exact) mass is 314 g/mol. The Bertz CT molecular complexity index is 740. The van der Waals surface area contributed by atoms with Gasteiger partial charge in [-0.15, -0.1) is 0 Å². The van der Waals surface area contributed by atoms with Gasteiger partial charge in [0, 0.05) is 25.4 Å². The number of benzene rings is 1. The molecule has 1 aromatic carbocycles. The van der Waals surface area contributed by atoms with Gasteiger partial charge in [0.2, 0.25) is 10.0 Å². The highest BCUT2D eigenvalue weighted by atomic mass is 35.5. The Labute approximate surface area is 122 Å². The summed E-state index contributed by atoms with van der Waals surface area (Å²) in [5.74, 6) is 0. The minimum atomic E-state index is -3.64. The van der Waals surface area contributed by atoms with Crippen LogP contribution in [-0.4, -0.2) is 18.2 Å². The van der Waals surface area contributed by atoms with Crippen molar-refractivity contribution in [1.29, 1.82) is 0 Å². The van der Waals surface area contributed by atoms with Crippen LogP contribution in [0.2, 0.25) is 5.02 Å². The fraction of sp³-hybridized carbons (Fsp3) is 0.250. The third kappa shape index (κ3) is 3.12. The van der Waals surface area contributed by atoms with Gasteiger partial charge >= 0.3 is 0 Å². The molecular formula is C12H15ClN4O2S. The van der Waals surface area contributed by atoms with Crippen LogP contribution in [-0.2, 0) is 23.6 Å². The molecule has 2 rings (SSSR count). The lowest BCUT2D eigenvalue weighted by atomic mass is 10.2. The summed E-state index contributed by atoms with van der Waals surface area (Å²) in [5, 5.41) is 4.32. The molecule has 0 aliphatic carbocycles. The molecule has 0 aliphatic rings. The van der Waals surface area contributed by atoms with Crippen LogP contribution in [0.15, 0.2) is 29.4 Å². The molecule has 0 spiro atoms. The van der Waals surface area contributed by atoms with Gasteiger partial charge in [-0.3, -0.25) is 4.68 Å². The van der Waals surface area contributed by atoms with Crippen molar-refractivity contribution in [1.82, 2.24) is 14.5 Å². The molecule has 0 aliphatic heterocycles. The number of halogens is 1. The molecule has 1 heterocycles. The number of anilines is 1. The van der Waals surface area contributed by atoms with E-state index in [0.29, 0.717) is 10.6 Å². The maximum atomic E-state index is 12.3. The van der Waals surface area contributed by atoms with Gasteiger partial charge in [0.15, 0.2) is 0 Å². The maximum Gasteiger partial charge on any atom is 0.241 e. The van der Waals surface area contributed by atoms with Crippen LogP contribution < -0.4 is 10.5 Å². The number of sulfonamides is 1. The average molecular weight is 315 g/mol. The molecule has 20 heavy (non-hydrogen) atoms. The van der Waals surface area contributed by atoms with E-state index < -0.39 is 10.0 Å². The third-order valence-electron chi connectivity index (χ3n) is 2.81. The number of nitrogens with one attached hydrogen (secondary N) is 1. The zero-order valence-electron chi connectivity index (χ0n) is 11.1. The summed E-state index contributed by atoms with van der Waals surface area (Å²) in [6.45, 7) is 1.84. The number of hydrogen-bond acceptors (Lipinski definition) is 4. The van der Waals surface area contributed by atoms with Crippen molar-refractivity contribution in [2.24, 2.45) is 7.05 Å². The maximum absolute atomic E-state index is 12.3. The summed E-state index contributed by atoms with van der Waals surface area (Å²) >= 11 is 5.86. The first-order valence-electron chi connectivity index (χ1n) is 5.82. The average Bonchev–Trinajstić information content (AvgIpc) is 2.77. The molecule has 1 aromatic heterocycles. The van der Waals surface area contributed by atoms with E-state index in [9.17, 15) is 8.42 Å². The van der Waals surface area contributed by atoms with Gasteiger partial charge in [-0.05, 0) is 24.6 Å². The van der Waals surface area contributed by atoms with Crippen molar-refractivity contribution in [2.45, 2.75) is 18.4 Å². The molecule has 8 heteroatoms. The summed E-state index contributed by atoms with van der Waals surface area (Å²) in [6.07, 6.45) is 3.34. The summed E-state index contributed by atoms with van der Waals surface area (Å²) in [7, 11) is -1.88. The molecular weight excluding hydrogens is 300 g/mol. The number of aryl methyl sites for hydroxylation is 2. The number of hydrogen-bond donors (Lipinski definition) is 2. The first kappa shape index (κ1) is 14.8. The number of nitrogens with two attached hydrogens (primary N) is 1. The van der Waals surface area contributed by atoms with E-state index in [4.69, 9.17) is 17.3 Å². The van der Waals surface area contributed by atoms with E-state index in [-0.39, 0.29) is 17.1 Å². The lowest BCUT2D eigenvalue weighted by Crippen LogP contribution is -2.24. The van der Waals surface area contributed by atoms with Crippen LogP contribution in [0.4, 0.5) is 5.69 Å². The van der Waals surface area contributed by atoms with Gasteiger partial charge in [0.05, 0.1) is 21.8 Å². The Kier molecular flexibility index (Phi) is 4.03. The van der Waals surface area contributed by atoms with Crippen LogP contribution in [0.1, 0.15) is 11.1 Å². The topological polar surface area (TPSA) is 90.0 Å². The first-order chi connectivity index (χ1) is 9.29. The molecule has 6 nitrogen and oxygen atoms in total. The second-order valence-electron chi connectivity index (χ2n) is 4.49. The standard InChI is InChI=1S/C12H15ClN4O2S/c1-8-3-10(13)11(14)4-12(8)20(18,19)16-6-9-5-15-17(2)7-9/h3-5,7,16H,6,14H2,1-2H3. The molecule has 108 valence electrons. The molecule has 0 amide bonds. The van der Waals surface area contributed by atoms with Crippen molar-refractivity contribution in [3.05, 3.63) is 40.7 Å². The second kappa shape index (κ2) is 5.43. The summed E-state index contributed by atoms with van der Waals surface area (Å²) in [4.78, 5) is 0.128. The fourth-order valence-electron chi connectivity index (χ4n) is 1.78. The largest absolute Gasteiger partial charge is 0.397 e. The van der Waals surface area contributed by atoms with E-state index >= 15 is 0 Å². The highest BCUT2D eigenvalue weighted by Crippen LogP contribution is 2.26. The molecule has 0 unspecified atom stereocenters. The van der Waals surface area contributed by atoms with Gasteiger partial charge in [0.25, 0.3) is 0 Å². The lowest BCUT2D eigenvalue weighted by Gasteiger charge is -2.10. The molecule has 3 N–H and O–H groups in total. The van der Waals surface area contributed by atoms with Crippen LogP contribution in [0.3, 0.4) is 0 Å². The van der Waals surface area contributed by atoms with Crippen LogP contribution in [0.25, 0.3) is 0 Å². The van der Waals surface area contributed by atoms with Crippen molar-refractivity contribution in [3.8, 4) is 0 Å². The molecule has 0 fully saturated rings. The minimum Gasteiger partial charge on any atom is -0.397 e. The smallest absolute Gasteiger partial charge is 0.241 e. The quantitative estimate of drug-likeness (QED) is 0.836. The number of nitrogen functional groups attached to an aromatic ring is 1. The Morgan fingerprint density at radius 2 is 2.15 bits per heavy atom. The van der Waals surface area contributed by atoms with Crippen LogP contribution in [0, 0.1) is 6.92 Å². The van der Waals surface area contributed by atoms with E-state index in [1.807, 2.05) is 0 Å². The highest BCUT2D eigenvalue weighted by molar-refractivity contribution is 7.89. The molecule has 0 atom stereocenters. The molecule has 0 saturated heterocycles. The summed E-state index contributed by atoms with van der Waals surface area (Å²) < 4.78 is 28.6. The molecule has 2 aromatic rings. The Hall–Kier alpha value is -1.57. The van der Waals surface area contributed by atoms with Gasteiger partial charge in [-0.2, -0.15) is 5.10 Å². The van der Waals surface area contributed by atoms with Gasteiger partial charge in [-0.1, -0.05) is 11.6 Å². The van der Waals surface area contributed by atoms with Crippen LogP contribution in [0.5, 0.6) is 0 Å². The highest BCUT2D eigenvalue weighted by Gasteiger charge is 2.18. The number of aromatic nitrogens is 2. The van der Waals surface area contributed by atoms with Crippen molar-refractivity contribution >= 4 is 27.3 Å². The first-order valence-corrected chi connectivity index (χ1v) is 7.68. The zero-order valence-corrected chi connectivity index (χ0v) is 12.7. The lowest BCUT2D eigenvalue weighted by molar-refractivity contribution is 0.580. The third-order valence-corrected chi connectivity index (χ3v) is 4.68. The number of nitrogens with zero attached hydrogens (tertiary/aromatic N) is 2. The summed E-state index contributed by atoms with van der Waals surface area (Å²) in [6, 6.07) is 2.90. The van der Waals surface area contributed by atoms with Crippen molar-refractivity contribution in [3.63, 3.8) is 0 Å². The van der Waals surface area contributed by atoms with Gasteiger partial charge in [0.1, 0.15) is 0 Å². The fourth-order valence-corrected chi connectivity index (χ4v) is 3.27. The van der Waals surface area contributed by atoms with Crippen LogP contribution >= 0.6 is 11.6 Å². The SMILES string of the molecule is Cc1cc(Cl)c(N)cc1S(=O)(=O)NCc1cnn(C)c1. The van der Waals surface area contributed by atoms with E-state index in [2.05, 4.69) is 9.82 Å². The van der Waals surface area contributed by atoms with Gasteiger partial charge in [-0.25, -0.2) is 13.1 Å². The Morgan fingerprint density at radius 3 is 2.75 bits per heavy atom. The Morgan fingerprint density at radius 1 is 1.45 bits per heavy atom. The molecule has 0 radical (unpaired) electrons. The normalized spacial score (nSPS) is 11.8. The predicted octanol–water partition coefficient (Wildman–Crippen LogP) is 1.44. The summed E-state index contributed by atoms with van der Waals surface area (Å²) in [5.41, 5.74) is 7.21. The Balaban J connectivity index is 2.24. The minimum absolute atomic E-state index is 0.128. The zero-order chi connectivity index (χ0) is 14.9. The molecule has 0 saturated carbocycles. The predicted molar refractivity (Wildman–Crippen MR) is 77.8 cm³/mol. The van der Waals surface area contributed by atoms with E-state index in [1.54, 1.807) is 31.0 Å². The van der Waals surface area contributed by atoms with E-state index in [1.165, 1.54) is 12.1 Å². The second-order valence-corrected chi connectivity index (χ2v) is 6.63. The van der Waals surface area contributed by atoms with Gasteiger partial charge < -0.3 is 5.73 Å². The van der Waals surface area contributed by atoms with E-state index in [0.717, 1.165) is 5.56 Å².